The van der Waals surface area contributed by atoms with Gasteiger partial charge in [0.15, 0.2) is 0 Å². The SMILES string of the molecule is COc1ccc2[nH]c(C(=O)NCc3ccccc3C)c(C)c2c1. The van der Waals surface area contributed by atoms with E-state index in [0.29, 0.717) is 12.2 Å². The number of fused-ring (bicyclic) bond motifs is 1. The minimum Gasteiger partial charge on any atom is -0.497 e. The molecule has 2 aromatic carbocycles. The van der Waals surface area contributed by atoms with Crippen molar-refractivity contribution in [1.29, 1.82) is 0 Å². The maximum Gasteiger partial charge on any atom is 0.268 e. The van der Waals surface area contributed by atoms with Gasteiger partial charge in [0, 0.05) is 17.4 Å². The van der Waals surface area contributed by atoms with E-state index in [1.807, 2.05) is 56.3 Å². The first-order valence-corrected chi connectivity index (χ1v) is 7.59. The van der Waals surface area contributed by atoms with Crippen LogP contribution in [0.15, 0.2) is 42.5 Å². The van der Waals surface area contributed by atoms with Crippen molar-refractivity contribution in [3.05, 3.63) is 64.8 Å². The van der Waals surface area contributed by atoms with Crippen molar-refractivity contribution in [3.63, 3.8) is 0 Å². The average Bonchev–Trinajstić information content (AvgIpc) is 2.90. The highest BCUT2D eigenvalue weighted by molar-refractivity contribution is 6.01. The molecular weight excluding hydrogens is 288 g/mol. The number of nitrogens with one attached hydrogen (secondary N) is 2. The predicted molar refractivity (Wildman–Crippen MR) is 91.9 cm³/mol. The van der Waals surface area contributed by atoms with E-state index in [0.717, 1.165) is 27.8 Å². The topological polar surface area (TPSA) is 54.1 Å². The van der Waals surface area contributed by atoms with Gasteiger partial charge < -0.3 is 15.0 Å². The summed E-state index contributed by atoms with van der Waals surface area (Å²) in [5.41, 5.74) is 4.76. The first-order valence-electron chi connectivity index (χ1n) is 7.59. The monoisotopic (exact) mass is 308 g/mol. The molecule has 0 spiro atoms. The molecular formula is C19H20N2O2. The Morgan fingerprint density at radius 2 is 1.96 bits per heavy atom. The second kappa shape index (κ2) is 6.16. The third kappa shape index (κ3) is 2.93. The molecule has 4 nitrogen and oxygen atoms in total. The normalized spacial score (nSPS) is 10.7. The molecule has 2 N–H and O–H groups in total. The van der Waals surface area contributed by atoms with E-state index in [1.54, 1.807) is 7.11 Å². The highest BCUT2D eigenvalue weighted by atomic mass is 16.5. The quantitative estimate of drug-likeness (QED) is 0.771. The van der Waals surface area contributed by atoms with Crippen LogP contribution in [-0.4, -0.2) is 18.0 Å². The lowest BCUT2D eigenvalue weighted by molar-refractivity contribution is 0.0946. The zero-order valence-corrected chi connectivity index (χ0v) is 13.6. The van der Waals surface area contributed by atoms with Crippen LogP contribution < -0.4 is 10.1 Å². The third-order valence-electron chi connectivity index (χ3n) is 4.19. The molecule has 3 aromatic rings. The van der Waals surface area contributed by atoms with Crippen molar-refractivity contribution in [3.8, 4) is 5.75 Å². The van der Waals surface area contributed by atoms with Gasteiger partial charge in [-0.25, -0.2) is 0 Å². The van der Waals surface area contributed by atoms with Crippen LogP contribution in [0, 0.1) is 13.8 Å². The van der Waals surface area contributed by atoms with Crippen LogP contribution in [0.2, 0.25) is 0 Å². The minimum atomic E-state index is -0.0964. The molecule has 0 atom stereocenters. The minimum absolute atomic E-state index is 0.0964. The molecule has 0 unspecified atom stereocenters. The van der Waals surface area contributed by atoms with Crippen LogP contribution in [0.1, 0.15) is 27.2 Å². The van der Waals surface area contributed by atoms with Crippen LogP contribution in [0.25, 0.3) is 10.9 Å². The van der Waals surface area contributed by atoms with Gasteiger partial charge in [-0.15, -0.1) is 0 Å². The van der Waals surface area contributed by atoms with Crippen molar-refractivity contribution >= 4 is 16.8 Å². The molecule has 4 heteroatoms. The lowest BCUT2D eigenvalue weighted by atomic mass is 10.1. The van der Waals surface area contributed by atoms with E-state index in [-0.39, 0.29) is 5.91 Å². The molecule has 3 rings (SSSR count). The van der Waals surface area contributed by atoms with Crippen molar-refractivity contribution < 1.29 is 9.53 Å². The van der Waals surface area contributed by atoms with Crippen LogP contribution in [-0.2, 0) is 6.54 Å². The molecule has 23 heavy (non-hydrogen) atoms. The largest absolute Gasteiger partial charge is 0.497 e. The molecule has 0 saturated heterocycles. The summed E-state index contributed by atoms with van der Waals surface area (Å²) in [5, 5.41) is 3.99. The maximum atomic E-state index is 12.5. The van der Waals surface area contributed by atoms with E-state index in [4.69, 9.17) is 4.74 Å². The number of aryl methyl sites for hydroxylation is 2. The van der Waals surface area contributed by atoms with Gasteiger partial charge in [0.1, 0.15) is 11.4 Å². The second-order valence-corrected chi connectivity index (χ2v) is 5.65. The Morgan fingerprint density at radius 1 is 1.17 bits per heavy atom. The Labute approximate surface area is 135 Å². The van der Waals surface area contributed by atoms with Gasteiger partial charge in [0.05, 0.1) is 7.11 Å². The van der Waals surface area contributed by atoms with E-state index in [2.05, 4.69) is 10.3 Å². The van der Waals surface area contributed by atoms with E-state index < -0.39 is 0 Å². The number of benzene rings is 2. The molecule has 0 bridgehead atoms. The van der Waals surface area contributed by atoms with E-state index >= 15 is 0 Å². The summed E-state index contributed by atoms with van der Waals surface area (Å²) in [6.45, 7) is 4.51. The molecule has 1 heterocycles. The number of hydrogen-bond donors (Lipinski definition) is 2. The molecule has 0 aliphatic rings. The number of ether oxygens (including phenoxy) is 1. The number of carbonyl (C=O) groups excluding carboxylic acids is 1. The van der Waals surface area contributed by atoms with Crippen LogP contribution >= 0.6 is 0 Å². The number of carbonyl (C=O) groups is 1. The van der Waals surface area contributed by atoms with Crippen molar-refractivity contribution in [2.24, 2.45) is 0 Å². The number of rotatable bonds is 4. The van der Waals surface area contributed by atoms with Crippen LogP contribution in [0.4, 0.5) is 0 Å². The fourth-order valence-electron chi connectivity index (χ4n) is 2.73. The van der Waals surface area contributed by atoms with Crippen molar-refractivity contribution in [2.75, 3.05) is 7.11 Å². The average molecular weight is 308 g/mol. The fraction of sp³-hybridized carbons (Fsp3) is 0.211. The molecule has 0 aliphatic heterocycles. The lowest BCUT2D eigenvalue weighted by Crippen LogP contribution is -2.24. The van der Waals surface area contributed by atoms with Gasteiger partial charge in [-0.2, -0.15) is 0 Å². The molecule has 0 saturated carbocycles. The molecule has 1 amide bonds. The Balaban J connectivity index is 1.83. The Kier molecular flexibility index (Phi) is 4.06. The third-order valence-corrected chi connectivity index (χ3v) is 4.19. The summed E-state index contributed by atoms with van der Waals surface area (Å²) in [6.07, 6.45) is 0. The molecule has 118 valence electrons. The second-order valence-electron chi connectivity index (χ2n) is 5.65. The molecule has 0 radical (unpaired) electrons. The van der Waals surface area contributed by atoms with Crippen molar-refractivity contribution in [1.82, 2.24) is 10.3 Å². The number of aromatic nitrogens is 1. The first kappa shape index (κ1) is 15.2. The van der Waals surface area contributed by atoms with Gasteiger partial charge in [0.25, 0.3) is 5.91 Å². The predicted octanol–water partition coefficient (Wildman–Crippen LogP) is 3.72. The van der Waals surface area contributed by atoms with Gasteiger partial charge >= 0.3 is 0 Å². The Hall–Kier alpha value is -2.75. The van der Waals surface area contributed by atoms with Gasteiger partial charge in [-0.3, -0.25) is 4.79 Å². The number of amides is 1. The number of H-pyrrole nitrogens is 1. The summed E-state index contributed by atoms with van der Waals surface area (Å²) < 4.78 is 5.25. The number of methoxy groups -OCH3 is 1. The fourth-order valence-corrected chi connectivity index (χ4v) is 2.73. The van der Waals surface area contributed by atoms with Gasteiger partial charge in [-0.05, 0) is 48.7 Å². The van der Waals surface area contributed by atoms with E-state index in [9.17, 15) is 4.79 Å². The van der Waals surface area contributed by atoms with E-state index in [1.165, 1.54) is 5.56 Å². The molecule has 1 aromatic heterocycles. The first-order chi connectivity index (χ1) is 11.1. The van der Waals surface area contributed by atoms with Crippen LogP contribution in [0.5, 0.6) is 5.75 Å². The smallest absolute Gasteiger partial charge is 0.268 e. The maximum absolute atomic E-state index is 12.5. The standard InChI is InChI=1S/C19H20N2O2/c1-12-6-4-5-7-14(12)11-20-19(22)18-13(2)16-10-15(23-3)8-9-17(16)21-18/h4-10,21H,11H2,1-3H3,(H,20,22). The lowest BCUT2D eigenvalue weighted by Gasteiger charge is -2.07. The zero-order valence-electron chi connectivity index (χ0n) is 13.6. The Morgan fingerprint density at radius 3 is 2.70 bits per heavy atom. The summed E-state index contributed by atoms with van der Waals surface area (Å²) in [4.78, 5) is 15.7. The molecule has 0 aliphatic carbocycles. The van der Waals surface area contributed by atoms with Gasteiger partial charge in [0.2, 0.25) is 0 Å². The van der Waals surface area contributed by atoms with Gasteiger partial charge in [-0.1, -0.05) is 24.3 Å². The number of aromatic amines is 1. The van der Waals surface area contributed by atoms with Crippen LogP contribution in [0.3, 0.4) is 0 Å². The summed E-state index contributed by atoms with van der Waals surface area (Å²) in [5.74, 6) is 0.687. The highest BCUT2D eigenvalue weighted by Crippen LogP contribution is 2.26. The Bertz CT molecular complexity index is 865. The van der Waals surface area contributed by atoms with Crippen molar-refractivity contribution in [2.45, 2.75) is 20.4 Å². The summed E-state index contributed by atoms with van der Waals surface area (Å²) in [6, 6.07) is 13.8. The summed E-state index contributed by atoms with van der Waals surface area (Å²) >= 11 is 0. The molecule has 0 fully saturated rings. The zero-order chi connectivity index (χ0) is 16.4. The highest BCUT2D eigenvalue weighted by Gasteiger charge is 2.15. The number of hydrogen-bond acceptors (Lipinski definition) is 2. The summed E-state index contributed by atoms with van der Waals surface area (Å²) in [7, 11) is 1.64.